The monoisotopic (exact) mass is 394 g/mol. The second-order valence-electron chi connectivity index (χ2n) is 7.17. The van der Waals surface area contributed by atoms with Crippen molar-refractivity contribution in [2.24, 2.45) is 5.92 Å². The third kappa shape index (κ3) is 23.6. The molecule has 0 heterocycles. The summed E-state index contributed by atoms with van der Waals surface area (Å²) in [5, 5.41) is 5.21. The number of hydrogen-bond acceptors (Lipinski definition) is 4. The molecule has 0 saturated carbocycles. The van der Waals surface area contributed by atoms with Crippen LogP contribution in [-0.2, 0) is 9.59 Å². The van der Waals surface area contributed by atoms with Crippen molar-refractivity contribution < 1.29 is 14.4 Å². The number of amides is 3. The molecule has 1 rings (SSSR count). The first-order valence-electron chi connectivity index (χ1n) is 9.67. The molecular weight excluding hydrogens is 356 g/mol. The summed E-state index contributed by atoms with van der Waals surface area (Å²) < 4.78 is 0. The number of nitrogens with one attached hydrogen (secondary N) is 4. The van der Waals surface area contributed by atoms with E-state index < -0.39 is 6.03 Å². The molecule has 0 radical (unpaired) electrons. The van der Waals surface area contributed by atoms with E-state index in [9.17, 15) is 14.4 Å². The third-order valence-corrected chi connectivity index (χ3v) is 2.77. The minimum Gasteiger partial charge on any atom is -0.330 e. The SMILES string of the molecule is CC(C)C.CCC(=O)CNC(=O)NNC(=O)CNC(C)C.Cc1ccccc1. The van der Waals surface area contributed by atoms with Crippen molar-refractivity contribution in [3.05, 3.63) is 35.9 Å². The summed E-state index contributed by atoms with van der Waals surface area (Å²) in [7, 11) is 0. The second kappa shape index (κ2) is 18.0. The van der Waals surface area contributed by atoms with Gasteiger partial charge >= 0.3 is 6.03 Å². The lowest BCUT2D eigenvalue weighted by Crippen LogP contribution is -2.50. The fraction of sp³-hybridized carbons (Fsp3) is 0.571. The van der Waals surface area contributed by atoms with Gasteiger partial charge in [-0.2, -0.15) is 0 Å². The number of hydrazine groups is 1. The molecule has 0 saturated heterocycles. The Morgan fingerprint density at radius 2 is 1.43 bits per heavy atom. The van der Waals surface area contributed by atoms with Crippen LogP contribution in [0.1, 0.15) is 53.5 Å². The Balaban J connectivity index is 0. The molecule has 0 unspecified atom stereocenters. The highest BCUT2D eigenvalue weighted by atomic mass is 16.2. The van der Waals surface area contributed by atoms with Crippen LogP contribution in [-0.4, -0.2) is 36.9 Å². The van der Waals surface area contributed by atoms with E-state index in [0.29, 0.717) is 6.42 Å². The predicted octanol–water partition coefficient (Wildman–Crippen LogP) is 2.95. The van der Waals surface area contributed by atoms with Gasteiger partial charge < -0.3 is 10.6 Å². The van der Waals surface area contributed by atoms with E-state index in [1.165, 1.54) is 5.56 Å². The molecule has 0 aliphatic rings. The van der Waals surface area contributed by atoms with Crippen molar-refractivity contribution in [2.75, 3.05) is 13.1 Å². The normalized spacial score (nSPS) is 9.46. The lowest BCUT2D eigenvalue weighted by molar-refractivity contribution is -0.121. The van der Waals surface area contributed by atoms with Crippen LogP contribution in [0, 0.1) is 12.8 Å². The summed E-state index contributed by atoms with van der Waals surface area (Å²) in [6, 6.07) is 9.85. The van der Waals surface area contributed by atoms with Gasteiger partial charge in [0.05, 0.1) is 13.1 Å². The van der Waals surface area contributed by atoms with Crippen LogP contribution < -0.4 is 21.5 Å². The van der Waals surface area contributed by atoms with Crippen LogP contribution in [0.3, 0.4) is 0 Å². The molecule has 0 fully saturated rings. The van der Waals surface area contributed by atoms with Crippen molar-refractivity contribution in [3.63, 3.8) is 0 Å². The highest BCUT2D eigenvalue weighted by Crippen LogP contribution is 1.92. The Kier molecular flexibility index (Phi) is 17.9. The average molecular weight is 395 g/mol. The van der Waals surface area contributed by atoms with Gasteiger partial charge in [0.1, 0.15) is 0 Å². The molecule has 28 heavy (non-hydrogen) atoms. The van der Waals surface area contributed by atoms with Gasteiger partial charge in [-0.1, -0.05) is 77.4 Å². The van der Waals surface area contributed by atoms with Crippen LogP contribution in [0.2, 0.25) is 0 Å². The number of urea groups is 1. The van der Waals surface area contributed by atoms with E-state index in [2.05, 4.69) is 61.3 Å². The molecule has 4 N–H and O–H groups in total. The number of aryl methyl sites for hydroxylation is 1. The maximum Gasteiger partial charge on any atom is 0.333 e. The van der Waals surface area contributed by atoms with E-state index in [4.69, 9.17) is 0 Å². The van der Waals surface area contributed by atoms with Gasteiger partial charge in [-0.3, -0.25) is 15.0 Å². The van der Waals surface area contributed by atoms with Crippen LogP contribution >= 0.6 is 0 Å². The van der Waals surface area contributed by atoms with Crippen LogP contribution in [0.4, 0.5) is 4.79 Å². The Morgan fingerprint density at radius 1 is 0.893 bits per heavy atom. The van der Waals surface area contributed by atoms with E-state index >= 15 is 0 Å². The summed E-state index contributed by atoms with van der Waals surface area (Å²) in [6.45, 7) is 14.2. The fourth-order valence-corrected chi connectivity index (χ4v) is 1.35. The number of carbonyl (C=O) groups excluding carboxylic acids is 3. The molecule has 1 aromatic carbocycles. The number of ketones is 1. The van der Waals surface area contributed by atoms with Crippen molar-refractivity contribution in [1.29, 1.82) is 0 Å². The molecule has 3 amide bonds. The maximum atomic E-state index is 11.2. The van der Waals surface area contributed by atoms with Gasteiger partial charge in [0.2, 0.25) is 0 Å². The van der Waals surface area contributed by atoms with Gasteiger partial charge in [-0.25, -0.2) is 10.2 Å². The first kappa shape index (κ1) is 27.8. The third-order valence-electron chi connectivity index (χ3n) is 2.77. The maximum absolute atomic E-state index is 11.2. The highest BCUT2D eigenvalue weighted by molar-refractivity contribution is 5.86. The van der Waals surface area contributed by atoms with Crippen LogP contribution in [0.25, 0.3) is 0 Å². The van der Waals surface area contributed by atoms with E-state index in [1.807, 2.05) is 32.0 Å². The predicted molar refractivity (Wildman–Crippen MR) is 115 cm³/mol. The lowest BCUT2D eigenvalue weighted by atomic mass is 10.2. The lowest BCUT2D eigenvalue weighted by Gasteiger charge is -2.10. The molecule has 0 spiro atoms. The summed E-state index contributed by atoms with van der Waals surface area (Å²) in [6.07, 6.45) is 0.366. The summed E-state index contributed by atoms with van der Waals surface area (Å²) >= 11 is 0. The minimum absolute atomic E-state index is 0.0392. The number of hydrogen-bond donors (Lipinski definition) is 4. The first-order valence-corrected chi connectivity index (χ1v) is 9.67. The molecular formula is C21H38N4O3. The molecule has 1 aromatic rings. The minimum atomic E-state index is -0.607. The molecule has 0 aromatic heterocycles. The van der Waals surface area contributed by atoms with Crippen LogP contribution in [0.5, 0.6) is 0 Å². The Hall–Kier alpha value is -2.41. The smallest absolute Gasteiger partial charge is 0.330 e. The zero-order valence-corrected chi connectivity index (χ0v) is 18.4. The van der Waals surface area contributed by atoms with Crippen molar-refractivity contribution in [3.8, 4) is 0 Å². The van der Waals surface area contributed by atoms with Gasteiger partial charge in [-0.05, 0) is 12.8 Å². The standard InChI is InChI=1S/C10H20N4O3.C7H8.C4H10/c1-4-8(15)5-12-10(17)14-13-9(16)6-11-7(2)3;1-7-5-3-2-4-6-7;1-4(2)3/h7,11H,4-6H2,1-3H3,(H,13,16)(H2,12,14,17);2-6H,1H3;4H,1-3H3. The topological polar surface area (TPSA) is 99.3 Å². The zero-order valence-electron chi connectivity index (χ0n) is 18.4. The molecule has 7 heteroatoms. The molecule has 7 nitrogen and oxygen atoms in total. The van der Waals surface area contributed by atoms with Gasteiger partial charge in [0, 0.05) is 12.5 Å². The Morgan fingerprint density at radius 3 is 1.82 bits per heavy atom. The summed E-state index contributed by atoms with van der Waals surface area (Å²) in [5.74, 6) is 0.406. The molecule has 160 valence electrons. The number of rotatable bonds is 6. The highest BCUT2D eigenvalue weighted by Gasteiger charge is 2.05. The number of benzene rings is 1. The van der Waals surface area contributed by atoms with Crippen molar-refractivity contribution in [1.82, 2.24) is 21.5 Å². The van der Waals surface area contributed by atoms with Gasteiger partial charge in [0.25, 0.3) is 5.91 Å². The van der Waals surface area contributed by atoms with Gasteiger partial charge in [0.15, 0.2) is 5.78 Å². The van der Waals surface area contributed by atoms with Gasteiger partial charge in [-0.15, -0.1) is 0 Å². The molecule has 0 bridgehead atoms. The largest absolute Gasteiger partial charge is 0.333 e. The molecule has 0 aliphatic carbocycles. The molecule has 0 aliphatic heterocycles. The Bertz CT molecular complexity index is 543. The summed E-state index contributed by atoms with van der Waals surface area (Å²) in [5.41, 5.74) is 5.67. The summed E-state index contributed by atoms with van der Waals surface area (Å²) in [4.78, 5) is 33.2. The van der Waals surface area contributed by atoms with Crippen molar-refractivity contribution in [2.45, 2.75) is 60.9 Å². The van der Waals surface area contributed by atoms with E-state index in [1.54, 1.807) is 6.92 Å². The van der Waals surface area contributed by atoms with Crippen LogP contribution in [0.15, 0.2) is 30.3 Å². The Labute approximate surface area is 170 Å². The number of carbonyl (C=O) groups is 3. The zero-order chi connectivity index (χ0) is 21.9. The first-order chi connectivity index (χ1) is 13.1. The van der Waals surface area contributed by atoms with Crippen molar-refractivity contribution >= 4 is 17.7 Å². The number of Topliss-reactive ketones (excluding diaryl/α,β-unsaturated/α-hetero) is 1. The fourth-order valence-electron chi connectivity index (χ4n) is 1.35. The second-order valence-corrected chi connectivity index (χ2v) is 7.17. The average Bonchev–Trinajstić information content (AvgIpc) is 2.63. The van der Waals surface area contributed by atoms with E-state index in [0.717, 1.165) is 5.92 Å². The molecule has 0 atom stereocenters. The van der Waals surface area contributed by atoms with E-state index in [-0.39, 0.29) is 30.8 Å². The quantitative estimate of drug-likeness (QED) is 0.558.